The minimum absolute atomic E-state index is 0.221. The minimum Gasteiger partial charge on any atom is -0.454 e. The highest BCUT2D eigenvalue weighted by Gasteiger charge is 2.31. The number of piperazine rings is 1. The molecule has 27 heavy (non-hydrogen) atoms. The number of hydrogen-bond acceptors (Lipinski definition) is 4. The zero-order valence-electron chi connectivity index (χ0n) is 15.9. The standard InChI is InChI=1S/C22H26N2O3/c1-16-13-23(14-17(2)24(16)19-6-4-3-5-7-19)22(25)11-9-18-8-10-20-21(12-18)27-15-26-20/h3-8,10,12,16-17H,9,11,13-15H2,1-2H3. The van der Waals surface area contributed by atoms with Crippen molar-refractivity contribution in [3.63, 3.8) is 0 Å². The van der Waals surface area contributed by atoms with E-state index < -0.39 is 0 Å². The molecule has 5 heteroatoms. The lowest BCUT2D eigenvalue weighted by atomic mass is 10.0. The Hall–Kier alpha value is -2.69. The van der Waals surface area contributed by atoms with Gasteiger partial charge in [0, 0.05) is 37.3 Å². The molecular weight excluding hydrogens is 340 g/mol. The van der Waals surface area contributed by atoms with E-state index in [1.165, 1.54) is 5.69 Å². The molecule has 0 aromatic heterocycles. The fraction of sp³-hybridized carbons (Fsp3) is 0.409. The summed E-state index contributed by atoms with van der Waals surface area (Å²) in [7, 11) is 0. The second kappa shape index (κ2) is 7.51. The average molecular weight is 366 g/mol. The van der Waals surface area contributed by atoms with Crippen LogP contribution < -0.4 is 14.4 Å². The van der Waals surface area contributed by atoms with Crippen molar-refractivity contribution >= 4 is 11.6 Å². The number of nitrogens with zero attached hydrogens (tertiary/aromatic N) is 2. The Kier molecular flexibility index (Phi) is 4.92. The molecule has 0 saturated carbocycles. The van der Waals surface area contributed by atoms with E-state index >= 15 is 0 Å². The number of aryl methyl sites for hydroxylation is 1. The largest absolute Gasteiger partial charge is 0.454 e. The average Bonchev–Trinajstić information content (AvgIpc) is 3.14. The van der Waals surface area contributed by atoms with Gasteiger partial charge in [0.05, 0.1) is 0 Å². The Morgan fingerprint density at radius 3 is 2.44 bits per heavy atom. The number of para-hydroxylation sites is 1. The smallest absolute Gasteiger partial charge is 0.231 e. The number of amides is 1. The van der Waals surface area contributed by atoms with Crippen LogP contribution >= 0.6 is 0 Å². The van der Waals surface area contributed by atoms with Crippen LogP contribution in [0.5, 0.6) is 11.5 Å². The van der Waals surface area contributed by atoms with Gasteiger partial charge in [0.2, 0.25) is 12.7 Å². The zero-order valence-corrected chi connectivity index (χ0v) is 15.9. The van der Waals surface area contributed by atoms with Crippen LogP contribution in [0.15, 0.2) is 48.5 Å². The highest BCUT2D eigenvalue weighted by molar-refractivity contribution is 5.77. The summed E-state index contributed by atoms with van der Waals surface area (Å²) in [6.07, 6.45) is 1.24. The molecular formula is C22H26N2O3. The van der Waals surface area contributed by atoms with Crippen LogP contribution in [-0.4, -0.2) is 42.8 Å². The van der Waals surface area contributed by atoms with Crippen molar-refractivity contribution in [2.24, 2.45) is 0 Å². The maximum Gasteiger partial charge on any atom is 0.231 e. The van der Waals surface area contributed by atoms with Crippen LogP contribution in [0.25, 0.3) is 0 Å². The number of anilines is 1. The molecule has 2 aliphatic rings. The summed E-state index contributed by atoms with van der Waals surface area (Å²) in [5.74, 6) is 1.78. The predicted octanol–water partition coefficient (Wildman–Crippen LogP) is 3.47. The minimum atomic E-state index is 0.221. The maximum absolute atomic E-state index is 12.8. The lowest BCUT2D eigenvalue weighted by Gasteiger charge is -2.46. The van der Waals surface area contributed by atoms with Gasteiger partial charge in [-0.1, -0.05) is 24.3 Å². The van der Waals surface area contributed by atoms with Crippen molar-refractivity contribution in [3.8, 4) is 11.5 Å². The van der Waals surface area contributed by atoms with Gasteiger partial charge in [0.25, 0.3) is 0 Å². The van der Waals surface area contributed by atoms with E-state index in [0.29, 0.717) is 18.5 Å². The third kappa shape index (κ3) is 3.72. The summed E-state index contributed by atoms with van der Waals surface area (Å²) >= 11 is 0. The van der Waals surface area contributed by atoms with E-state index in [2.05, 4.69) is 43.0 Å². The van der Waals surface area contributed by atoms with Gasteiger partial charge in [-0.05, 0) is 50.1 Å². The first-order chi connectivity index (χ1) is 13.1. The topological polar surface area (TPSA) is 42.0 Å². The second-order valence-electron chi connectivity index (χ2n) is 7.43. The number of benzene rings is 2. The molecule has 2 heterocycles. The van der Waals surface area contributed by atoms with Gasteiger partial charge in [-0.25, -0.2) is 0 Å². The molecule has 2 aromatic carbocycles. The summed E-state index contributed by atoms with van der Waals surface area (Å²) in [4.78, 5) is 17.2. The number of hydrogen-bond donors (Lipinski definition) is 0. The van der Waals surface area contributed by atoms with Crippen molar-refractivity contribution in [1.29, 1.82) is 0 Å². The molecule has 0 radical (unpaired) electrons. The van der Waals surface area contributed by atoms with Gasteiger partial charge < -0.3 is 19.3 Å². The molecule has 2 aromatic rings. The number of carbonyl (C=O) groups is 1. The molecule has 1 fully saturated rings. The van der Waals surface area contributed by atoms with Crippen LogP contribution in [0, 0.1) is 0 Å². The molecule has 0 spiro atoms. The Labute approximate surface area is 160 Å². The van der Waals surface area contributed by atoms with E-state index in [0.717, 1.165) is 36.6 Å². The van der Waals surface area contributed by atoms with Crippen LogP contribution in [0.4, 0.5) is 5.69 Å². The van der Waals surface area contributed by atoms with Crippen molar-refractivity contribution in [2.45, 2.75) is 38.8 Å². The Balaban J connectivity index is 1.36. The van der Waals surface area contributed by atoms with Crippen LogP contribution in [-0.2, 0) is 11.2 Å². The summed E-state index contributed by atoms with van der Waals surface area (Å²) in [6.45, 7) is 6.19. The molecule has 142 valence electrons. The fourth-order valence-corrected chi connectivity index (χ4v) is 4.14. The van der Waals surface area contributed by atoms with Gasteiger partial charge in [0.15, 0.2) is 11.5 Å². The zero-order chi connectivity index (χ0) is 18.8. The van der Waals surface area contributed by atoms with Gasteiger partial charge in [-0.3, -0.25) is 4.79 Å². The van der Waals surface area contributed by atoms with Crippen molar-refractivity contribution in [3.05, 3.63) is 54.1 Å². The van der Waals surface area contributed by atoms with Crippen LogP contribution in [0.1, 0.15) is 25.8 Å². The summed E-state index contributed by atoms with van der Waals surface area (Å²) < 4.78 is 10.8. The van der Waals surface area contributed by atoms with Gasteiger partial charge >= 0.3 is 0 Å². The number of fused-ring (bicyclic) bond motifs is 1. The van der Waals surface area contributed by atoms with Crippen LogP contribution in [0.2, 0.25) is 0 Å². The maximum atomic E-state index is 12.8. The van der Waals surface area contributed by atoms with E-state index in [1.807, 2.05) is 29.2 Å². The number of carbonyl (C=O) groups excluding carboxylic acids is 1. The summed E-state index contributed by atoms with van der Waals surface area (Å²) in [5.41, 5.74) is 2.33. The Morgan fingerprint density at radius 2 is 1.70 bits per heavy atom. The summed E-state index contributed by atoms with van der Waals surface area (Å²) in [5, 5.41) is 0. The monoisotopic (exact) mass is 366 g/mol. The molecule has 4 rings (SSSR count). The lowest BCUT2D eigenvalue weighted by Crippen LogP contribution is -2.58. The highest BCUT2D eigenvalue weighted by atomic mass is 16.7. The van der Waals surface area contributed by atoms with E-state index in [4.69, 9.17) is 9.47 Å². The molecule has 1 amide bonds. The van der Waals surface area contributed by atoms with E-state index in [-0.39, 0.29) is 12.7 Å². The second-order valence-corrected chi connectivity index (χ2v) is 7.43. The third-order valence-electron chi connectivity index (χ3n) is 5.39. The molecule has 0 bridgehead atoms. The summed E-state index contributed by atoms with van der Waals surface area (Å²) in [6, 6.07) is 17.0. The third-order valence-corrected chi connectivity index (χ3v) is 5.39. The molecule has 2 unspecified atom stereocenters. The first-order valence-electron chi connectivity index (χ1n) is 9.61. The Morgan fingerprint density at radius 1 is 1.00 bits per heavy atom. The fourth-order valence-electron chi connectivity index (χ4n) is 4.14. The van der Waals surface area contributed by atoms with Gasteiger partial charge in [-0.2, -0.15) is 0 Å². The molecule has 1 saturated heterocycles. The van der Waals surface area contributed by atoms with Crippen molar-refractivity contribution < 1.29 is 14.3 Å². The molecule has 0 aliphatic carbocycles. The normalized spacial score (nSPS) is 21.4. The van der Waals surface area contributed by atoms with E-state index in [9.17, 15) is 4.79 Å². The van der Waals surface area contributed by atoms with E-state index in [1.54, 1.807) is 0 Å². The van der Waals surface area contributed by atoms with Crippen molar-refractivity contribution in [1.82, 2.24) is 4.90 Å². The predicted molar refractivity (Wildman–Crippen MR) is 105 cm³/mol. The van der Waals surface area contributed by atoms with Gasteiger partial charge in [0.1, 0.15) is 0 Å². The highest BCUT2D eigenvalue weighted by Crippen LogP contribution is 2.33. The first kappa shape index (κ1) is 17.7. The molecule has 0 N–H and O–H groups in total. The molecule has 5 nitrogen and oxygen atoms in total. The van der Waals surface area contributed by atoms with Gasteiger partial charge in [-0.15, -0.1) is 0 Å². The van der Waals surface area contributed by atoms with Crippen molar-refractivity contribution in [2.75, 3.05) is 24.8 Å². The lowest BCUT2D eigenvalue weighted by molar-refractivity contribution is -0.132. The molecule has 2 atom stereocenters. The SMILES string of the molecule is CC1CN(C(=O)CCc2ccc3c(c2)OCO3)CC(C)N1c1ccccc1. The first-order valence-corrected chi connectivity index (χ1v) is 9.61. The number of ether oxygens (including phenoxy) is 2. The number of rotatable bonds is 4. The molecule has 2 aliphatic heterocycles. The van der Waals surface area contributed by atoms with Crippen LogP contribution in [0.3, 0.4) is 0 Å². The quantitative estimate of drug-likeness (QED) is 0.831. The Bertz CT molecular complexity index is 796.